The van der Waals surface area contributed by atoms with E-state index in [1.807, 2.05) is 6.07 Å². The molecule has 104 valence electrons. The van der Waals surface area contributed by atoms with E-state index >= 15 is 0 Å². The molecule has 1 aliphatic heterocycles. The second-order valence-corrected chi connectivity index (χ2v) is 6.70. The smallest absolute Gasteiger partial charge is 0.146 e. The Hall–Kier alpha value is -0.610. The fraction of sp³-hybridized carbons (Fsp3) is 0.600. The Morgan fingerprint density at radius 2 is 2.00 bits per heavy atom. The highest BCUT2D eigenvalue weighted by atomic mass is 79.9. The molecule has 1 aromatic rings. The summed E-state index contributed by atoms with van der Waals surface area (Å²) < 4.78 is 15.0. The molecular formula is C15H20BrFN2. The van der Waals surface area contributed by atoms with Gasteiger partial charge in [-0.3, -0.25) is 0 Å². The first-order valence-corrected chi connectivity index (χ1v) is 7.93. The monoisotopic (exact) mass is 326 g/mol. The van der Waals surface area contributed by atoms with E-state index in [2.05, 4.69) is 26.1 Å². The summed E-state index contributed by atoms with van der Waals surface area (Å²) in [6.45, 7) is 2.77. The Kier molecular flexibility index (Phi) is 3.81. The highest BCUT2D eigenvalue weighted by molar-refractivity contribution is 9.10. The topological polar surface area (TPSA) is 15.3 Å². The lowest BCUT2D eigenvalue weighted by Crippen LogP contribution is -2.61. The lowest BCUT2D eigenvalue weighted by Gasteiger charge is -2.47. The molecule has 3 rings (SSSR count). The molecule has 0 unspecified atom stereocenters. The Labute approximate surface area is 122 Å². The molecule has 2 aliphatic rings. The summed E-state index contributed by atoms with van der Waals surface area (Å²) in [6, 6.07) is 5.21. The number of benzene rings is 1. The summed E-state index contributed by atoms with van der Waals surface area (Å²) in [4.78, 5) is 2.21. The molecule has 0 radical (unpaired) electrons. The Morgan fingerprint density at radius 1 is 1.21 bits per heavy atom. The van der Waals surface area contributed by atoms with Gasteiger partial charge in [-0.2, -0.15) is 0 Å². The third kappa shape index (κ3) is 2.79. The van der Waals surface area contributed by atoms with E-state index in [-0.39, 0.29) is 11.4 Å². The largest absolute Gasteiger partial charge is 0.366 e. The number of hydrogen-bond acceptors (Lipinski definition) is 2. The molecule has 0 aromatic heterocycles. The molecular weight excluding hydrogens is 307 g/mol. The molecule has 1 aliphatic carbocycles. The molecule has 1 spiro atoms. The normalized spacial score (nSPS) is 22.7. The van der Waals surface area contributed by atoms with Crippen LogP contribution in [0.4, 0.5) is 10.1 Å². The van der Waals surface area contributed by atoms with Crippen LogP contribution in [0.5, 0.6) is 0 Å². The second-order valence-electron chi connectivity index (χ2n) is 5.79. The van der Waals surface area contributed by atoms with E-state index in [0.717, 1.165) is 29.8 Å². The number of anilines is 1. The van der Waals surface area contributed by atoms with E-state index in [1.54, 1.807) is 12.1 Å². The maximum absolute atomic E-state index is 14.0. The highest BCUT2D eigenvalue weighted by Crippen LogP contribution is 2.33. The summed E-state index contributed by atoms with van der Waals surface area (Å²) in [7, 11) is 0. The van der Waals surface area contributed by atoms with Crippen molar-refractivity contribution >= 4 is 21.6 Å². The van der Waals surface area contributed by atoms with Crippen LogP contribution in [-0.2, 0) is 0 Å². The molecule has 4 heteroatoms. The van der Waals surface area contributed by atoms with Crippen LogP contribution >= 0.6 is 15.9 Å². The third-order valence-electron chi connectivity index (χ3n) is 4.43. The van der Waals surface area contributed by atoms with Gasteiger partial charge in [0, 0.05) is 29.6 Å². The van der Waals surface area contributed by atoms with E-state index < -0.39 is 0 Å². The molecule has 0 bridgehead atoms. The van der Waals surface area contributed by atoms with Gasteiger partial charge < -0.3 is 10.2 Å². The van der Waals surface area contributed by atoms with Gasteiger partial charge in [-0.1, -0.05) is 35.2 Å². The van der Waals surface area contributed by atoms with Crippen LogP contribution in [0.3, 0.4) is 0 Å². The molecule has 1 saturated heterocycles. The Balaban J connectivity index is 1.82. The molecule has 2 nitrogen and oxygen atoms in total. The van der Waals surface area contributed by atoms with Crippen molar-refractivity contribution in [3.63, 3.8) is 0 Å². The maximum atomic E-state index is 14.0. The van der Waals surface area contributed by atoms with Gasteiger partial charge in [-0.05, 0) is 31.0 Å². The number of halogens is 2. The molecule has 1 aromatic carbocycles. The van der Waals surface area contributed by atoms with Crippen molar-refractivity contribution in [3.05, 3.63) is 28.5 Å². The average molecular weight is 327 g/mol. The summed E-state index contributed by atoms with van der Waals surface area (Å²) in [5.74, 6) is -0.115. The van der Waals surface area contributed by atoms with Crippen molar-refractivity contribution in [1.82, 2.24) is 5.32 Å². The molecule has 1 N–H and O–H groups in total. The van der Waals surface area contributed by atoms with Crippen molar-refractivity contribution in [1.29, 1.82) is 0 Å². The maximum Gasteiger partial charge on any atom is 0.146 e. The van der Waals surface area contributed by atoms with Crippen molar-refractivity contribution in [3.8, 4) is 0 Å². The third-order valence-corrected chi connectivity index (χ3v) is 4.93. The number of nitrogens with zero attached hydrogens (tertiary/aromatic N) is 1. The quantitative estimate of drug-likeness (QED) is 0.846. The van der Waals surface area contributed by atoms with E-state index in [9.17, 15) is 4.39 Å². The Morgan fingerprint density at radius 3 is 2.79 bits per heavy atom. The van der Waals surface area contributed by atoms with Crippen LogP contribution in [0.25, 0.3) is 0 Å². The highest BCUT2D eigenvalue weighted by Gasteiger charge is 2.36. The van der Waals surface area contributed by atoms with Gasteiger partial charge in [0.1, 0.15) is 5.82 Å². The van der Waals surface area contributed by atoms with E-state index in [1.165, 1.54) is 32.1 Å². The van der Waals surface area contributed by atoms with Gasteiger partial charge in [-0.15, -0.1) is 0 Å². The summed E-state index contributed by atoms with van der Waals surface area (Å²) in [5, 5.41) is 3.69. The molecule has 0 amide bonds. The van der Waals surface area contributed by atoms with E-state index in [4.69, 9.17) is 0 Å². The van der Waals surface area contributed by atoms with Gasteiger partial charge in [-0.25, -0.2) is 4.39 Å². The van der Waals surface area contributed by atoms with Crippen LogP contribution in [0.15, 0.2) is 22.7 Å². The summed E-state index contributed by atoms with van der Waals surface area (Å²) >= 11 is 3.44. The molecule has 0 atom stereocenters. The van der Waals surface area contributed by atoms with Crippen LogP contribution in [0.2, 0.25) is 0 Å². The lowest BCUT2D eigenvalue weighted by molar-refractivity contribution is 0.216. The van der Waals surface area contributed by atoms with E-state index in [0.29, 0.717) is 0 Å². The van der Waals surface area contributed by atoms with Gasteiger partial charge in [0.2, 0.25) is 0 Å². The van der Waals surface area contributed by atoms with Crippen molar-refractivity contribution in [2.75, 3.05) is 24.5 Å². The number of piperazine rings is 1. The zero-order chi connectivity index (χ0) is 13.3. The predicted octanol–water partition coefficient (Wildman–Crippen LogP) is 3.70. The van der Waals surface area contributed by atoms with Crippen LogP contribution in [0, 0.1) is 5.82 Å². The molecule has 19 heavy (non-hydrogen) atoms. The summed E-state index contributed by atoms with van der Waals surface area (Å²) in [5.41, 5.74) is 0.950. The van der Waals surface area contributed by atoms with Crippen LogP contribution < -0.4 is 10.2 Å². The van der Waals surface area contributed by atoms with Gasteiger partial charge >= 0.3 is 0 Å². The molecule has 2 fully saturated rings. The number of hydrogen-bond donors (Lipinski definition) is 1. The van der Waals surface area contributed by atoms with Crippen LogP contribution in [-0.4, -0.2) is 25.2 Å². The first kappa shape index (κ1) is 13.4. The molecule has 1 saturated carbocycles. The first-order chi connectivity index (χ1) is 9.19. The van der Waals surface area contributed by atoms with Crippen molar-refractivity contribution < 1.29 is 4.39 Å². The fourth-order valence-corrected chi connectivity index (χ4v) is 3.80. The number of rotatable bonds is 1. The lowest BCUT2D eigenvalue weighted by atomic mass is 9.80. The van der Waals surface area contributed by atoms with Gasteiger partial charge in [0.05, 0.1) is 5.69 Å². The zero-order valence-corrected chi connectivity index (χ0v) is 12.7. The standard InChI is InChI=1S/C15H20BrFN2/c16-12-4-5-13(17)14(10-12)19-9-8-18-15(11-19)6-2-1-3-7-15/h4-5,10,18H,1-3,6-9,11H2. The van der Waals surface area contributed by atoms with Gasteiger partial charge in [0.15, 0.2) is 0 Å². The minimum absolute atomic E-state index is 0.115. The predicted molar refractivity (Wildman–Crippen MR) is 80.1 cm³/mol. The second kappa shape index (κ2) is 5.41. The minimum Gasteiger partial charge on any atom is -0.366 e. The zero-order valence-electron chi connectivity index (χ0n) is 11.1. The first-order valence-electron chi connectivity index (χ1n) is 7.14. The van der Waals surface area contributed by atoms with Crippen LogP contribution in [0.1, 0.15) is 32.1 Å². The molecule has 1 heterocycles. The van der Waals surface area contributed by atoms with Crippen molar-refractivity contribution in [2.45, 2.75) is 37.6 Å². The number of nitrogens with one attached hydrogen (secondary N) is 1. The fourth-order valence-electron chi connectivity index (χ4n) is 3.45. The SMILES string of the molecule is Fc1ccc(Br)cc1N1CCNC2(CCCCC2)C1. The van der Waals surface area contributed by atoms with Gasteiger partial charge in [0.25, 0.3) is 0 Å². The average Bonchev–Trinajstić information content (AvgIpc) is 2.42. The Bertz CT molecular complexity index is 452. The summed E-state index contributed by atoms with van der Waals surface area (Å²) in [6.07, 6.45) is 6.37. The minimum atomic E-state index is -0.115. The van der Waals surface area contributed by atoms with Crippen molar-refractivity contribution in [2.24, 2.45) is 0 Å².